The summed E-state index contributed by atoms with van der Waals surface area (Å²) >= 11 is 0. The molecule has 2 amide bonds. The second-order valence-corrected chi connectivity index (χ2v) is 5.76. The molecule has 1 saturated heterocycles. The van der Waals surface area contributed by atoms with Crippen LogP contribution in [0.3, 0.4) is 0 Å². The Hall–Kier alpha value is -3.22. The van der Waals surface area contributed by atoms with Crippen LogP contribution in [0.25, 0.3) is 0 Å². The van der Waals surface area contributed by atoms with Crippen molar-refractivity contribution in [2.45, 2.75) is 19.4 Å². The third-order valence-corrected chi connectivity index (χ3v) is 4.03. The molecule has 0 unspecified atom stereocenters. The predicted molar refractivity (Wildman–Crippen MR) is 86.4 cm³/mol. The van der Waals surface area contributed by atoms with E-state index in [0.29, 0.717) is 11.4 Å². The van der Waals surface area contributed by atoms with Crippen LogP contribution in [-0.2, 0) is 9.59 Å². The Bertz CT molecular complexity index is 864. The number of aromatic carboxylic acids is 1. The van der Waals surface area contributed by atoms with Crippen molar-refractivity contribution in [3.8, 4) is 0 Å². The first-order chi connectivity index (χ1) is 11.9. The zero-order chi connectivity index (χ0) is 18.1. The molecular weight excluding hydrogens is 327 g/mol. The number of halogens is 1. The standard InChI is InChI=1S/C18H15FN2O4/c1-10-2-3-11(18(24)25)8-14(10)20-15-9-16(22)21(17(15)23)13-6-4-12(19)5-7-13/h2-8,15,20H,9H2,1H3,(H,24,25)/p-1/t15-/m1/s1. The molecule has 0 bridgehead atoms. The van der Waals surface area contributed by atoms with Crippen LogP contribution in [0.2, 0.25) is 0 Å². The average molecular weight is 341 g/mol. The fraction of sp³-hybridized carbons (Fsp3) is 0.167. The van der Waals surface area contributed by atoms with E-state index < -0.39 is 29.6 Å². The third-order valence-electron chi connectivity index (χ3n) is 4.03. The van der Waals surface area contributed by atoms with Crippen molar-refractivity contribution in [3.63, 3.8) is 0 Å². The number of hydrogen-bond acceptors (Lipinski definition) is 5. The SMILES string of the molecule is Cc1ccc(C(=O)[O-])cc1N[C@@H]1CC(=O)N(c2ccc(F)cc2)C1=O. The van der Waals surface area contributed by atoms with Gasteiger partial charge in [-0.3, -0.25) is 9.59 Å². The van der Waals surface area contributed by atoms with Crippen molar-refractivity contribution in [1.29, 1.82) is 0 Å². The Morgan fingerprint density at radius 1 is 1.20 bits per heavy atom. The van der Waals surface area contributed by atoms with Gasteiger partial charge in [-0.15, -0.1) is 0 Å². The maximum atomic E-state index is 13.0. The highest BCUT2D eigenvalue weighted by Crippen LogP contribution is 2.26. The maximum absolute atomic E-state index is 13.0. The number of carbonyl (C=O) groups excluding carboxylic acids is 3. The van der Waals surface area contributed by atoms with Crippen molar-refractivity contribution in [3.05, 3.63) is 59.4 Å². The summed E-state index contributed by atoms with van der Waals surface area (Å²) in [4.78, 5) is 36.7. The van der Waals surface area contributed by atoms with E-state index in [1.165, 1.54) is 36.4 Å². The van der Waals surface area contributed by atoms with Crippen LogP contribution in [0.15, 0.2) is 42.5 Å². The zero-order valence-corrected chi connectivity index (χ0v) is 13.3. The molecule has 0 aromatic heterocycles. The predicted octanol–water partition coefficient (Wildman–Crippen LogP) is 1.24. The summed E-state index contributed by atoms with van der Waals surface area (Å²) in [5, 5.41) is 13.9. The molecule has 2 aromatic rings. The van der Waals surface area contributed by atoms with Crippen molar-refractivity contribution in [1.82, 2.24) is 0 Å². The van der Waals surface area contributed by atoms with Gasteiger partial charge in [0.1, 0.15) is 11.9 Å². The van der Waals surface area contributed by atoms with E-state index in [9.17, 15) is 23.9 Å². The highest BCUT2D eigenvalue weighted by Gasteiger charge is 2.39. The van der Waals surface area contributed by atoms with Crippen LogP contribution >= 0.6 is 0 Å². The molecule has 1 aliphatic heterocycles. The second kappa shape index (κ2) is 6.35. The lowest BCUT2D eigenvalue weighted by atomic mass is 10.1. The van der Waals surface area contributed by atoms with Gasteiger partial charge in [0.15, 0.2) is 0 Å². The molecule has 1 aliphatic rings. The number of carbonyl (C=O) groups is 3. The number of carboxylic acids is 1. The van der Waals surface area contributed by atoms with E-state index in [4.69, 9.17) is 0 Å². The lowest BCUT2D eigenvalue weighted by molar-refractivity contribution is -0.255. The highest BCUT2D eigenvalue weighted by molar-refractivity contribution is 6.23. The molecular formula is C18H14FN2O4-. The molecule has 1 atom stereocenters. The molecule has 0 aliphatic carbocycles. The van der Waals surface area contributed by atoms with Crippen LogP contribution in [0.1, 0.15) is 22.3 Å². The van der Waals surface area contributed by atoms with E-state index in [2.05, 4.69) is 5.32 Å². The Morgan fingerprint density at radius 3 is 2.52 bits per heavy atom. The molecule has 6 nitrogen and oxygen atoms in total. The minimum Gasteiger partial charge on any atom is -0.545 e. The molecule has 25 heavy (non-hydrogen) atoms. The molecule has 0 saturated carbocycles. The fourth-order valence-electron chi connectivity index (χ4n) is 2.70. The summed E-state index contributed by atoms with van der Waals surface area (Å²) in [5.41, 5.74) is 1.43. The molecule has 1 fully saturated rings. The Balaban J connectivity index is 1.84. The van der Waals surface area contributed by atoms with E-state index in [1.54, 1.807) is 13.0 Å². The van der Waals surface area contributed by atoms with Gasteiger partial charge in [0, 0.05) is 5.69 Å². The zero-order valence-electron chi connectivity index (χ0n) is 13.3. The summed E-state index contributed by atoms with van der Waals surface area (Å²) in [6.45, 7) is 1.75. The molecule has 7 heteroatoms. The normalized spacial score (nSPS) is 17.0. The molecule has 128 valence electrons. The molecule has 1 N–H and O–H groups in total. The van der Waals surface area contributed by atoms with Gasteiger partial charge < -0.3 is 15.2 Å². The number of rotatable bonds is 4. The maximum Gasteiger partial charge on any atom is 0.256 e. The van der Waals surface area contributed by atoms with Gasteiger partial charge >= 0.3 is 0 Å². The first-order valence-corrected chi connectivity index (χ1v) is 7.57. The Morgan fingerprint density at radius 2 is 1.88 bits per heavy atom. The molecule has 0 radical (unpaired) electrons. The molecule has 3 rings (SSSR count). The van der Waals surface area contributed by atoms with Gasteiger partial charge in [-0.25, -0.2) is 9.29 Å². The lowest BCUT2D eigenvalue weighted by Gasteiger charge is -2.18. The summed E-state index contributed by atoms with van der Waals surface area (Å²) in [5.74, 6) is -2.69. The number of nitrogens with zero attached hydrogens (tertiary/aromatic N) is 1. The summed E-state index contributed by atoms with van der Waals surface area (Å²) in [7, 11) is 0. The van der Waals surface area contributed by atoms with Crippen LogP contribution < -0.4 is 15.3 Å². The largest absolute Gasteiger partial charge is 0.545 e. The number of carboxylic acid groups (broad SMARTS) is 1. The monoisotopic (exact) mass is 341 g/mol. The van der Waals surface area contributed by atoms with E-state index in [0.717, 1.165) is 10.5 Å². The van der Waals surface area contributed by atoms with Crippen LogP contribution in [-0.4, -0.2) is 23.8 Å². The quantitative estimate of drug-likeness (QED) is 0.845. The van der Waals surface area contributed by atoms with Crippen molar-refractivity contribution < 1.29 is 23.9 Å². The van der Waals surface area contributed by atoms with Crippen molar-refractivity contribution >= 4 is 29.2 Å². The van der Waals surface area contributed by atoms with Crippen LogP contribution in [0, 0.1) is 12.7 Å². The summed E-state index contributed by atoms with van der Waals surface area (Å²) in [6.07, 6.45) is -0.0782. The molecule has 0 spiro atoms. The number of anilines is 2. The van der Waals surface area contributed by atoms with Gasteiger partial charge in [0.25, 0.3) is 5.91 Å². The fourth-order valence-corrected chi connectivity index (χ4v) is 2.70. The lowest BCUT2D eigenvalue weighted by Crippen LogP contribution is -2.35. The van der Waals surface area contributed by atoms with E-state index in [1.807, 2.05) is 0 Å². The van der Waals surface area contributed by atoms with Gasteiger partial charge in [-0.1, -0.05) is 12.1 Å². The number of nitrogens with one attached hydrogen (secondary N) is 1. The second-order valence-electron chi connectivity index (χ2n) is 5.76. The van der Waals surface area contributed by atoms with Gasteiger partial charge in [0.05, 0.1) is 18.1 Å². The minimum absolute atomic E-state index is 0.0275. The van der Waals surface area contributed by atoms with Crippen LogP contribution in [0.5, 0.6) is 0 Å². The Labute approximate surface area is 142 Å². The number of hydrogen-bond donors (Lipinski definition) is 1. The smallest absolute Gasteiger partial charge is 0.256 e. The number of imide groups is 1. The Kier molecular flexibility index (Phi) is 4.22. The van der Waals surface area contributed by atoms with Gasteiger partial charge in [-0.2, -0.15) is 0 Å². The van der Waals surface area contributed by atoms with E-state index in [-0.39, 0.29) is 12.0 Å². The first kappa shape index (κ1) is 16.6. The van der Waals surface area contributed by atoms with Gasteiger partial charge in [0.2, 0.25) is 5.91 Å². The number of amides is 2. The molecule has 2 aromatic carbocycles. The highest BCUT2D eigenvalue weighted by atomic mass is 19.1. The van der Waals surface area contributed by atoms with Crippen molar-refractivity contribution in [2.75, 3.05) is 10.2 Å². The average Bonchev–Trinajstić information content (AvgIpc) is 2.84. The minimum atomic E-state index is -1.33. The van der Waals surface area contributed by atoms with Crippen LogP contribution in [0.4, 0.5) is 15.8 Å². The van der Waals surface area contributed by atoms with Gasteiger partial charge in [-0.05, 0) is 48.4 Å². The third kappa shape index (κ3) is 3.21. The van der Waals surface area contributed by atoms with E-state index >= 15 is 0 Å². The number of aryl methyl sites for hydroxylation is 1. The summed E-state index contributed by atoms with van der Waals surface area (Å²) in [6, 6.07) is 8.59. The topological polar surface area (TPSA) is 89.5 Å². The number of benzene rings is 2. The summed E-state index contributed by atoms with van der Waals surface area (Å²) < 4.78 is 13.0. The molecule has 1 heterocycles. The van der Waals surface area contributed by atoms with Crippen molar-refractivity contribution in [2.24, 2.45) is 0 Å². The first-order valence-electron chi connectivity index (χ1n) is 7.57.